The number of rotatable bonds is 16. The minimum absolute atomic E-state index is 0.0772. The molecule has 0 atom stereocenters. The lowest BCUT2D eigenvalue weighted by Gasteiger charge is -2.14. The number of thioether (sulfide) groups is 1. The van der Waals surface area contributed by atoms with Crippen LogP contribution in [0, 0.1) is 0 Å². The Labute approximate surface area is 211 Å². The third-order valence-corrected chi connectivity index (χ3v) is 6.87. The molecule has 1 fully saturated rings. The molecule has 0 saturated carbocycles. The molecule has 0 radical (unpaired) electrons. The van der Waals surface area contributed by atoms with Gasteiger partial charge in [0.1, 0.15) is 10.1 Å². The van der Waals surface area contributed by atoms with Crippen LogP contribution in [0.3, 0.4) is 0 Å². The summed E-state index contributed by atoms with van der Waals surface area (Å²) in [5, 5.41) is 11.5. The van der Waals surface area contributed by atoms with Crippen LogP contribution in [0.5, 0.6) is 5.75 Å². The van der Waals surface area contributed by atoms with E-state index in [0.717, 1.165) is 62.7 Å². The van der Waals surface area contributed by atoms with Gasteiger partial charge in [0, 0.05) is 25.9 Å². The molecule has 0 aliphatic carbocycles. The van der Waals surface area contributed by atoms with Gasteiger partial charge in [-0.25, -0.2) is 0 Å². The van der Waals surface area contributed by atoms with Crippen LogP contribution in [0.1, 0.15) is 69.8 Å². The van der Waals surface area contributed by atoms with Crippen molar-refractivity contribution >= 4 is 52.2 Å². The summed E-state index contributed by atoms with van der Waals surface area (Å²) in [6.07, 6.45) is 10.5. The normalized spacial score (nSPS) is 14.6. The van der Waals surface area contributed by atoms with Gasteiger partial charge in [0.15, 0.2) is 0 Å². The highest BCUT2D eigenvalue weighted by molar-refractivity contribution is 8.26. The highest BCUT2D eigenvalue weighted by Gasteiger charge is 2.32. The topological polar surface area (TPSA) is 95.9 Å². The van der Waals surface area contributed by atoms with Gasteiger partial charge in [-0.05, 0) is 36.6 Å². The van der Waals surface area contributed by atoms with E-state index in [-0.39, 0.29) is 31.2 Å². The number of carboxylic acid groups (broad SMARTS) is 1. The smallest absolute Gasteiger partial charge is 0.303 e. The molecule has 1 aliphatic heterocycles. The second kappa shape index (κ2) is 15.5. The van der Waals surface area contributed by atoms with Crippen LogP contribution >= 0.6 is 24.0 Å². The Morgan fingerprint density at radius 1 is 1.03 bits per heavy atom. The highest BCUT2D eigenvalue weighted by atomic mass is 32.2. The third-order valence-electron chi connectivity index (χ3n) is 5.49. The van der Waals surface area contributed by atoms with Crippen LogP contribution in [0.2, 0.25) is 0 Å². The summed E-state index contributed by atoms with van der Waals surface area (Å²) in [6.45, 7) is 0.908. The zero-order chi connectivity index (χ0) is 24.8. The Balaban J connectivity index is 1.58. The fourth-order valence-corrected chi connectivity index (χ4v) is 4.84. The summed E-state index contributed by atoms with van der Waals surface area (Å²) >= 11 is 6.60. The number of benzene rings is 1. The maximum atomic E-state index is 12.7. The number of unbranched alkanes of at least 4 members (excludes halogenated alkanes) is 7. The number of carbonyl (C=O) groups excluding carboxylic acids is 2. The van der Waals surface area contributed by atoms with E-state index in [0.29, 0.717) is 15.8 Å². The van der Waals surface area contributed by atoms with E-state index in [2.05, 4.69) is 5.32 Å². The SMILES string of the molecule is COc1ccc(/C=C2\SC(=S)N(CCC(=O)NCCCCCCCCCCC(=O)O)C2=O)cc1. The summed E-state index contributed by atoms with van der Waals surface area (Å²) in [5.41, 5.74) is 0.886. The fourth-order valence-electron chi connectivity index (χ4n) is 3.54. The number of hydrogen-bond donors (Lipinski definition) is 2. The molecule has 2 rings (SSSR count). The Kier molecular flexibility index (Phi) is 12.7. The molecule has 1 aromatic carbocycles. The van der Waals surface area contributed by atoms with Crippen molar-refractivity contribution < 1.29 is 24.2 Å². The van der Waals surface area contributed by atoms with E-state index in [9.17, 15) is 14.4 Å². The van der Waals surface area contributed by atoms with Gasteiger partial charge in [-0.3, -0.25) is 19.3 Å². The van der Waals surface area contributed by atoms with Gasteiger partial charge in [-0.2, -0.15) is 0 Å². The van der Waals surface area contributed by atoms with E-state index in [1.807, 2.05) is 24.3 Å². The molecular formula is C25H34N2O5S2. The minimum Gasteiger partial charge on any atom is -0.497 e. The van der Waals surface area contributed by atoms with Gasteiger partial charge < -0.3 is 15.2 Å². The number of ether oxygens (including phenoxy) is 1. The van der Waals surface area contributed by atoms with Crippen molar-refractivity contribution in [3.63, 3.8) is 0 Å². The Bertz CT molecular complexity index is 871. The second-order valence-electron chi connectivity index (χ2n) is 8.18. The average Bonchev–Trinajstić information content (AvgIpc) is 3.08. The number of carboxylic acids is 1. The van der Waals surface area contributed by atoms with Gasteiger partial charge in [0.25, 0.3) is 5.91 Å². The first-order valence-electron chi connectivity index (χ1n) is 11.8. The Morgan fingerprint density at radius 3 is 2.26 bits per heavy atom. The predicted octanol–water partition coefficient (Wildman–Crippen LogP) is 5.00. The maximum absolute atomic E-state index is 12.7. The van der Waals surface area contributed by atoms with Crippen molar-refractivity contribution in [2.75, 3.05) is 20.2 Å². The third kappa shape index (κ3) is 10.3. The molecule has 186 valence electrons. The molecule has 0 aromatic heterocycles. The monoisotopic (exact) mass is 506 g/mol. The van der Waals surface area contributed by atoms with Crippen molar-refractivity contribution in [1.82, 2.24) is 10.2 Å². The first kappa shape index (κ1) is 27.9. The molecule has 2 N–H and O–H groups in total. The number of nitrogens with zero attached hydrogens (tertiary/aromatic N) is 1. The molecule has 0 spiro atoms. The highest BCUT2D eigenvalue weighted by Crippen LogP contribution is 2.32. The van der Waals surface area contributed by atoms with Gasteiger partial charge in [-0.15, -0.1) is 0 Å². The summed E-state index contributed by atoms with van der Waals surface area (Å²) in [4.78, 5) is 37.4. The number of thiocarbonyl (C=S) groups is 1. The van der Waals surface area contributed by atoms with Crippen LogP contribution < -0.4 is 10.1 Å². The van der Waals surface area contributed by atoms with Crippen LogP contribution in [-0.4, -0.2) is 52.3 Å². The predicted molar refractivity (Wildman–Crippen MR) is 140 cm³/mol. The maximum Gasteiger partial charge on any atom is 0.303 e. The zero-order valence-corrected chi connectivity index (χ0v) is 21.3. The molecular weight excluding hydrogens is 472 g/mol. The Hall–Kier alpha value is -2.39. The molecule has 0 unspecified atom stereocenters. The number of methoxy groups -OCH3 is 1. The minimum atomic E-state index is -0.720. The van der Waals surface area contributed by atoms with Crippen molar-refractivity contribution in [2.24, 2.45) is 0 Å². The number of amides is 2. The number of carbonyl (C=O) groups is 3. The van der Waals surface area contributed by atoms with E-state index in [4.69, 9.17) is 22.1 Å². The lowest BCUT2D eigenvalue weighted by molar-refractivity contribution is -0.137. The molecule has 1 saturated heterocycles. The Morgan fingerprint density at radius 2 is 1.65 bits per heavy atom. The molecule has 2 amide bonds. The number of aliphatic carboxylic acids is 1. The summed E-state index contributed by atoms with van der Waals surface area (Å²) < 4.78 is 5.62. The summed E-state index contributed by atoms with van der Waals surface area (Å²) in [5.74, 6) is -0.212. The average molecular weight is 507 g/mol. The number of nitrogens with one attached hydrogen (secondary N) is 1. The lowest BCUT2D eigenvalue weighted by atomic mass is 10.1. The van der Waals surface area contributed by atoms with Gasteiger partial charge in [0.05, 0.1) is 12.0 Å². The first-order chi connectivity index (χ1) is 16.4. The molecule has 1 aromatic rings. The van der Waals surface area contributed by atoms with Gasteiger partial charge in [-0.1, -0.05) is 74.6 Å². The van der Waals surface area contributed by atoms with E-state index >= 15 is 0 Å². The second-order valence-corrected chi connectivity index (χ2v) is 9.85. The van der Waals surface area contributed by atoms with Crippen LogP contribution in [0.25, 0.3) is 6.08 Å². The largest absolute Gasteiger partial charge is 0.497 e. The first-order valence-corrected chi connectivity index (χ1v) is 13.0. The van der Waals surface area contributed by atoms with E-state index in [1.165, 1.54) is 16.7 Å². The van der Waals surface area contributed by atoms with Crippen molar-refractivity contribution in [2.45, 2.75) is 64.2 Å². The van der Waals surface area contributed by atoms with E-state index in [1.54, 1.807) is 13.2 Å². The molecule has 0 bridgehead atoms. The molecule has 1 aliphatic rings. The van der Waals surface area contributed by atoms with E-state index < -0.39 is 5.97 Å². The quantitative estimate of drug-likeness (QED) is 0.185. The fraction of sp³-hybridized carbons (Fsp3) is 0.520. The van der Waals surface area contributed by atoms with Crippen LogP contribution in [0.15, 0.2) is 29.2 Å². The lowest BCUT2D eigenvalue weighted by Crippen LogP contribution is -2.33. The van der Waals surface area contributed by atoms with Gasteiger partial charge >= 0.3 is 5.97 Å². The van der Waals surface area contributed by atoms with Gasteiger partial charge in [0.2, 0.25) is 5.91 Å². The van der Waals surface area contributed by atoms with Crippen molar-refractivity contribution in [1.29, 1.82) is 0 Å². The molecule has 9 heteroatoms. The van der Waals surface area contributed by atoms with Crippen molar-refractivity contribution in [3.05, 3.63) is 34.7 Å². The van der Waals surface area contributed by atoms with Crippen LogP contribution in [-0.2, 0) is 14.4 Å². The molecule has 1 heterocycles. The zero-order valence-electron chi connectivity index (χ0n) is 19.7. The standard InChI is InChI=1S/C25H34N2O5S2/c1-32-20-13-11-19(12-14-20)18-21-24(31)27(25(33)34-21)17-15-22(28)26-16-9-7-5-3-2-4-6-8-10-23(29)30/h11-14,18H,2-10,15-17H2,1H3,(H,26,28)(H,29,30)/b21-18-. The van der Waals surface area contributed by atoms with Crippen LogP contribution in [0.4, 0.5) is 0 Å². The molecule has 7 nitrogen and oxygen atoms in total. The molecule has 34 heavy (non-hydrogen) atoms. The van der Waals surface area contributed by atoms with Crippen molar-refractivity contribution in [3.8, 4) is 5.75 Å². The summed E-state index contributed by atoms with van der Waals surface area (Å²) in [6, 6.07) is 7.42. The summed E-state index contributed by atoms with van der Waals surface area (Å²) in [7, 11) is 1.61. The number of hydrogen-bond acceptors (Lipinski definition) is 6.